The average molecular weight is 334 g/mol. The molecule has 0 unspecified atom stereocenters. The van der Waals surface area contributed by atoms with Crippen molar-refractivity contribution in [3.8, 4) is 5.75 Å². The molecule has 0 atom stereocenters. The zero-order chi connectivity index (χ0) is 16.7. The van der Waals surface area contributed by atoms with Crippen molar-refractivity contribution in [2.24, 2.45) is 0 Å². The number of amides is 1. The fourth-order valence-electron chi connectivity index (χ4n) is 1.89. The zero-order valence-corrected chi connectivity index (χ0v) is 13.3. The quantitative estimate of drug-likeness (QED) is 0.821. The Morgan fingerprint density at radius 2 is 1.91 bits per heavy atom. The lowest BCUT2D eigenvalue weighted by Crippen LogP contribution is -2.21. The number of halogens is 1. The predicted octanol–water partition coefficient (Wildman–Crippen LogP) is 3.53. The Labute approximate surface area is 139 Å². The zero-order valence-electron chi connectivity index (χ0n) is 12.5. The molecule has 5 nitrogen and oxygen atoms in total. The standard InChI is InChI=1S/C17H16ClNO4/c1-2-22-15-9-4-3-8-14(15)17(21)23-11-16(20)19-13-7-5-6-12(18)10-13/h3-10H,2,11H2,1H3,(H,19,20). The summed E-state index contributed by atoms with van der Waals surface area (Å²) in [7, 11) is 0. The lowest BCUT2D eigenvalue weighted by Gasteiger charge is -2.10. The van der Waals surface area contributed by atoms with Crippen LogP contribution in [-0.2, 0) is 9.53 Å². The van der Waals surface area contributed by atoms with Crippen molar-refractivity contribution >= 4 is 29.2 Å². The van der Waals surface area contributed by atoms with Crippen LogP contribution in [0.4, 0.5) is 5.69 Å². The topological polar surface area (TPSA) is 64.6 Å². The van der Waals surface area contributed by atoms with Gasteiger partial charge in [0.05, 0.1) is 6.61 Å². The normalized spacial score (nSPS) is 10.0. The second kappa shape index (κ2) is 8.19. The minimum atomic E-state index is -0.615. The molecule has 0 saturated carbocycles. The molecule has 2 rings (SSSR count). The molecule has 1 N–H and O–H groups in total. The van der Waals surface area contributed by atoms with Crippen molar-refractivity contribution in [3.05, 3.63) is 59.1 Å². The number of hydrogen-bond donors (Lipinski definition) is 1. The van der Waals surface area contributed by atoms with Crippen LogP contribution in [0.5, 0.6) is 5.75 Å². The number of benzene rings is 2. The van der Waals surface area contributed by atoms with E-state index in [1.54, 1.807) is 48.5 Å². The van der Waals surface area contributed by atoms with Gasteiger partial charge in [-0.25, -0.2) is 4.79 Å². The van der Waals surface area contributed by atoms with Gasteiger partial charge in [-0.1, -0.05) is 29.8 Å². The molecule has 120 valence electrons. The number of ether oxygens (including phenoxy) is 2. The highest BCUT2D eigenvalue weighted by atomic mass is 35.5. The van der Waals surface area contributed by atoms with Gasteiger partial charge >= 0.3 is 5.97 Å². The molecule has 1 amide bonds. The van der Waals surface area contributed by atoms with E-state index in [2.05, 4.69) is 5.32 Å². The van der Waals surface area contributed by atoms with Gasteiger partial charge in [-0.2, -0.15) is 0 Å². The first kappa shape index (κ1) is 16.8. The van der Waals surface area contributed by atoms with Crippen LogP contribution in [0.2, 0.25) is 5.02 Å². The van der Waals surface area contributed by atoms with Crippen LogP contribution in [0.1, 0.15) is 17.3 Å². The van der Waals surface area contributed by atoms with Crippen molar-refractivity contribution in [1.82, 2.24) is 0 Å². The van der Waals surface area contributed by atoms with Crippen LogP contribution >= 0.6 is 11.6 Å². The lowest BCUT2D eigenvalue weighted by molar-refractivity contribution is -0.119. The van der Waals surface area contributed by atoms with Crippen LogP contribution in [0.25, 0.3) is 0 Å². The monoisotopic (exact) mass is 333 g/mol. The van der Waals surface area contributed by atoms with Gasteiger partial charge in [-0.3, -0.25) is 4.79 Å². The summed E-state index contributed by atoms with van der Waals surface area (Å²) in [6, 6.07) is 13.4. The van der Waals surface area contributed by atoms with E-state index in [0.29, 0.717) is 23.1 Å². The summed E-state index contributed by atoms with van der Waals surface area (Å²) in [4.78, 5) is 23.9. The number of nitrogens with one attached hydrogen (secondary N) is 1. The van der Waals surface area contributed by atoms with E-state index in [4.69, 9.17) is 21.1 Å². The Hall–Kier alpha value is -2.53. The molecule has 0 bridgehead atoms. The minimum absolute atomic E-state index is 0.282. The van der Waals surface area contributed by atoms with Crippen molar-refractivity contribution < 1.29 is 19.1 Å². The van der Waals surface area contributed by atoms with Gasteiger partial charge in [0.25, 0.3) is 5.91 Å². The number of esters is 1. The summed E-state index contributed by atoms with van der Waals surface area (Å²) < 4.78 is 10.4. The fourth-order valence-corrected chi connectivity index (χ4v) is 2.08. The molecule has 0 heterocycles. The molecule has 23 heavy (non-hydrogen) atoms. The van der Waals surface area contributed by atoms with E-state index < -0.39 is 18.5 Å². The van der Waals surface area contributed by atoms with Crippen LogP contribution in [-0.4, -0.2) is 25.1 Å². The van der Waals surface area contributed by atoms with E-state index in [9.17, 15) is 9.59 Å². The second-order valence-electron chi connectivity index (χ2n) is 4.56. The molecule has 0 radical (unpaired) electrons. The highest BCUT2D eigenvalue weighted by Gasteiger charge is 2.15. The maximum absolute atomic E-state index is 12.0. The van der Waals surface area contributed by atoms with Crippen molar-refractivity contribution in [2.45, 2.75) is 6.92 Å². The SMILES string of the molecule is CCOc1ccccc1C(=O)OCC(=O)Nc1cccc(Cl)c1. The van der Waals surface area contributed by atoms with Crippen molar-refractivity contribution in [2.75, 3.05) is 18.5 Å². The Balaban J connectivity index is 1.92. The van der Waals surface area contributed by atoms with Gasteiger partial charge < -0.3 is 14.8 Å². The molecule has 0 fully saturated rings. The smallest absolute Gasteiger partial charge is 0.342 e. The third kappa shape index (κ3) is 5.00. The lowest BCUT2D eigenvalue weighted by atomic mass is 10.2. The number of hydrogen-bond acceptors (Lipinski definition) is 4. The molecule has 6 heteroatoms. The third-order valence-corrected chi connectivity index (χ3v) is 3.08. The van der Waals surface area contributed by atoms with Crippen molar-refractivity contribution in [1.29, 1.82) is 0 Å². The molecule has 2 aromatic rings. The van der Waals surface area contributed by atoms with Gasteiger partial charge in [0, 0.05) is 10.7 Å². The number of rotatable bonds is 6. The molecule has 0 saturated heterocycles. The average Bonchev–Trinajstić information content (AvgIpc) is 2.53. The summed E-state index contributed by atoms with van der Waals surface area (Å²) in [6.45, 7) is 1.85. The second-order valence-corrected chi connectivity index (χ2v) is 5.00. The van der Waals surface area contributed by atoms with Crippen LogP contribution in [0.15, 0.2) is 48.5 Å². The van der Waals surface area contributed by atoms with E-state index in [-0.39, 0.29) is 5.56 Å². The first-order valence-electron chi connectivity index (χ1n) is 7.04. The Morgan fingerprint density at radius 1 is 1.13 bits per heavy atom. The van der Waals surface area contributed by atoms with Gasteiger partial charge in [0.2, 0.25) is 0 Å². The maximum Gasteiger partial charge on any atom is 0.342 e. The molecule has 2 aromatic carbocycles. The van der Waals surface area contributed by atoms with Gasteiger partial charge in [-0.05, 0) is 37.3 Å². The predicted molar refractivity (Wildman–Crippen MR) is 88.0 cm³/mol. The van der Waals surface area contributed by atoms with Gasteiger partial charge in [0.15, 0.2) is 6.61 Å². The third-order valence-electron chi connectivity index (χ3n) is 2.85. The largest absolute Gasteiger partial charge is 0.493 e. The molecule has 0 spiro atoms. The molecule has 0 aliphatic rings. The molecular weight excluding hydrogens is 318 g/mol. The Bertz CT molecular complexity index is 702. The maximum atomic E-state index is 12.0. The number of carbonyl (C=O) groups excluding carboxylic acids is 2. The highest BCUT2D eigenvalue weighted by Crippen LogP contribution is 2.19. The summed E-state index contributed by atoms with van der Waals surface area (Å²) >= 11 is 5.83. The summed E-state index contributed by atoms with van der Waals surface area (Å²) in [5.41, 5.74) is 0.818. The molecule has 0 aliphatic carbocycles. The number of anilines is 1. The highest BCUT2D eigenvalue weighted by molar-refractivity contribution is 6.30. The molecule has 0 aromatic heterocycles. The summed E-state index contributed by atoms with van der Waals surface area (Å²) in [5.74, 6) is -0.639. The van der Waals surface area contributed by atoms with Gasteiger partial charge in [0.1, 0.15) is 11.3 Å². The van der Waals surface area contributed by atoms with E-state index in [0.717, 1.165) is 0 Å². The number of carbonyl (C=O) groups is 2. The summed E-state index contributed by atoms with van der Waals surface area (Å²) in [6.07, 6.45) is 0. The van der Waals surface area contributed by atoms with Crippen molar-refractivity contribution in [3.63, 3.8) is 0 Å². The number of para-hydroxylation sites is 1. The molecule has 0 aliphatic heterocycles. The molecular formula is C17H16ClNO4. The van der Waals surface area contributed by atoms with Crippen LogP contribution in [0, 0.1) is 0 Å². The summed E-state index contributed by atoms with van der Waals surface area (Å²) in [5, 5.41) is 3.10. The fraction of sp³-hybridized carbons (Fsp3) is 0.176. The van der Waals surface area contributed by atoms with E-state index in [1.165, 1.54) is 0 Å². The van der Waals surface area contributed by atoms with E-state index in [1.807, 2.05) is 6.92 Å². The first-order chi connectivity index (χ1) is 11.1. The minimum Gasteiger partial charge on any atom is -0.493 e. The van der Waals surface area contributed by atoms with Crippen LogP contribution in [0.3, 0.4) is 0 Å². The first-order valence-corrected chi connectivity index (χ1v) is 7.42. The van der Waals surface area contributed by atoms with Crippen LogP contribution < -0.4 is 10.1 Å². The Kier molecular flexibility index (Phi) is 6.00. The Morgan fingerprint density at radius 3 is 2.65 bits per heavy atom. The van der Waals surface area contributed by atoms with Gasteiger partial charge in [-0.15, -0.1) is 0 Å². The van der Waals surface area contributed by atoms with E-state index >= 15 is 0 Å².